The van der Waals surface area contributed by atoms with Gasteiger partial charge in [-0.1, -0.05) is 6.92 Å². The normalized spacial score (nSPS) is 13.1. The van der Waals surface area contributed by atoms with E-state index in [0.29, 0.717) is 12.5 Å². The zero-order valence-electron chi connectivity index (χ0n) is 16.2. The molecule has 0 aliphatic heterocycles. The van der Waals surface area contributed by atoms with Crippen LogP contribution in [0.1, 0.15) is 18.9 Å². The first-order chi connectivity index (χ1) is 13.8. The molecule has 0 radical (unpaired) electrons. The molecule has 0 atom stereocenters. The van der Waals surface area contributed by atoms with Gasteiger partial charge < -0.3 is 4.57 Å². The lowest BCUT2D eigenvalue weighted by atomic mass is 10.2. The van der Waals surface area contributed by atoms with E-state index in [4.69, 9.17) is 0 Å². The number of benzene rings is 1. The molecule has 0 fully saturated rings. The summed E-state index contributed by atoms with van der Waals surface area (Å²) in [7, 11) is -6.38. The first kappa shape index (κ1) is 22.2. The molecule has 0 bridgehead atoms. The average molecular weight is 461 g/mol. The first-order valence-corrected chi connectivity index (χ1v) is 12.3. The maximum absolute atomic E-state index is 13.3. The monoisotopic (exact) mass is 461 g/mol. The van der Waals surface area contributed by atoms with Gasteiger partial charge in [-0.3, -0.25) is 4.98 Å². The van der Waals surface area contributed by atoms with E-state index in [2.05, 4.69) is 9.97 Å². The van der Waals surface area contributed by atoms with Crippen LogP contribution in [0, 0.1) is 0 Å². The van der Waals surface area contributed by atoms with Crippen molar-refractivity contribution in [2.45, 2.75) is 29.3 Å². The van der Waals surface area contributed by atoms with E-state index in [-0.39, 0.29) is 33.2 Å². The highest BCUT2D eigenvalue weighted by atomic mass is 32.2. The number of aromatic nitrogens is 3. The van der Waals surface area contributed by atoms with E-state index in [9.17, 15) is 30.0 Å². The molecule has 2 aromatic heterocycles. The van der Waals surface area contributed by atoms with Gasteiger partial charge in [-0.05, 0) is 30.7 Å². The average Bonchev–Trinajstić information content (AvgIpc) is 2.96. The van der Waals surface area contributed by atoms with Crippen molar-refractivity contribution in [3.05, 3.63) is 36.0 Å². The second-order valence-electron chi connectivity index (χ2n) is 6.78. The molecular formula is C18H18F3N3O4S2. The highest BCUT2D eigenvalue weighted by Gasteiger charge is 2.34. The molecule has 3 rings (SSSR count). The number of rotatable bonds is 5. The van der Waals surface area contributed by atoms with E-state index in [1.54, 1.807) is 6.92 Å². The lowest BCUT2D eigenvalue weighted by Gasteiger charge is -2.11. The summed E-state index contributed by atoms with van der Waals surface area (Å²) in [4.78, 5) is 7.54. The first-order valence-electron chi connectivity index (χ1n) is 8.73. The van der Waals surface area contributed by atoms with Crippen molar-refractivity contribution in [1.82, 2.24) is 14.5 Å². The molecule has 0 amide bonds. The smallest absolute Gasteiger partial charge is 0.325 e. The highest BCUT2D eigenvalue weighted by molar-refractivity contribution is 7.91. The molecule has 0 saturated heterocycles. The lowest BCUT2D eigenvalue weighted by molar-refractivity contribution is -0.137. The van der Waals surface area contributed by atoms with Gasteiger partial charge in [-0.15, -0.1) is 0 Å². The Kier molecular flexibility index (Phi) is 5.44. The third kappa shape index (κ3) is 3.93. The van der Waals surface area contributed by atoms with E-state index in [1.165, 1.54) is 29.9 Å². The fourth-order valence-electron chi connectivity index (χ4n) is 3.16. The van der Waals surface area contributed by atoms with Crippen LogP contribution in [0.2, 0.25) is 0 Å². The van der Waals surface area contributed by atoms with Gasteiger partial charge in [-0.2, -0.15) is 13.2 Å². The van der Waals surface area contributed by atoms with E-state index < -0.39 is 36.3 Å². The van der Waals surface area contributed by atoms with Gasteiger partial charge in [-0.25, -0.2) is 21.8 Å². The topological polar surface area (TPSA) is 99.0 Å². The molecule has 3 aromatic rings. The van der Waals surface area contributed by atoms with Gasteiger partial charge >= 0.3 is 6.18 Å². The quantitative estimate of drug-likeness (QED) is 0.579. The molecule has 7 nitrogen and oxygen atoms in total. The summed E-state index contributed by atoms with van der Waals surface area (Å²) in [5, 5.41) is 0. The van der Waals surface area contributed by atoms with Crippen LogP contribution in [-0.4, -0.2) is 43.4 Å². The minimum atomic E-state index is -4.79. The molecule has 0 saturated carbocycles. The summed E-state index contributed by atoms with van der Waals surface area (Å²) in [6, 6.07) is 4.05. The number of hydrogen-bond acceptors (Lipinski definition) is 6. The predicted molar refractivity (Wildman–Crippen MR) is 104 cm³/mol. The van der Waals surface area contributed by atoms with Gasteiger partial charge in [0.1, 0.15) is 5.69 Å². The predicted octanol–water partition coefficient (Wildman–Crippen LogP) is 3.24. The highest BCUT2D eigenvalue weighted by Crippen LogP contribution is 2.37. The molecule has 12 heteroatoms. The van der Waals surface area contributed by atoms with Crippen LogP contribution in [0.4, 0.5) is 13.2 Å². The second kappa shape index (κ2) is 7.34. The Labute approximate surface area is 171 Å². The Morgan fingerprint density at radius 2 is 1.77 bits per heavy atom. The molecular weight excluding hydrogens is 443 g/mol. The molecule has 162 valence electrons. The van der Waals surface area contributed by atoms with Crippen LogP contribution in [0.5, 0.6) is 0 Å². The minimum Gasteiger partial charge on any atom is -0.325 e. The number of sulfone groups is 2. The van der Waals surface area contributed by atoms with Gasteiger partial charge in [0.2, 0.25) is 0 Å². The molecule has 0 spiro atoms. The third-order valence-corrected chi connectivity index (χ3v) is 7.51. The van der Waals surface area contributed by atoms with Crippen LogP contribution < -0.4 is 0 Å². The number of alkyl halides is 3. The number of halogens is 3. The largest absolute Gasteiger partial charge is 0.416 e. The third-order valence-electron chi connectivity index (χ3n) is 4.45. The molecule has 0 unspecified atom stereocenters. The number of fused-ring (bicyclic) bond motifs is 1. The fraction of sp³-hybridized carbons (Fsp3) is 0.333. The number of hydrogen-bond donors (Lipinski definition) is 0. The number of imidazole rings is 1. The molecule has 0 aliphatic rings. The van der Waals surface area contributed by atoms with Crippen LogP contribution in [0.3, 0.4) is 0 Å². The van der Waals surface area contributed by atoms with Crippen molar-refractivity contribution < 1.29 is 30.0 Å². The number of aryl methyl sites for hydroxylation is 1. The Morgan fingerprint density at radius 3 is 2.33 bits per heavy atom. The van der Waals surface area contributed by atoms with Crippen LogP contribution >= 0.6 is 0 Å². The Balaban J connectivity index is 2.41. The molecule has 0 aliphatic carbocycles. The van der Waals surface area contributed by atoms with Crippen molar-refractivity contribution >= 4 is 30.7 Å². The van der Waals surface area contributed by atoms with Gasteiger partial charge in [0.05, 0.1) is 32.1 Å². The lowest BCUT2D eigenvalue weighted by Crippen LogP contribution is -2.10. The zero-order chi connectivity index (χ0) is 22.5. The fourth-order valence-corrected chi connectivity index (χ4v) is 5.57. The zero-order valence-corrected chi connectivity index (χ0v) is 17.9. The molecule has 0 N–H and O–H groups in total. The van der Waals surface area contributed by atoms with Gasteiger partial charge in [0.15, 0.2) is 25.5 Å². The summed E-state index contributed by atoms with van der Waals surface area (Å²) in [5.41, 5.74) is -1.52. The van der Waals surface area contributed by atoms with Crippen molar-refractivity contribution in [2.24, 2.45) is 7.05 Å². The maximum Gasteiger partial charge on any atom is 0.416 e. The SMILES string of the molecule is CCCS(=O)(=O)c1cccnc1-c1nc2cc(C(F)(F)F)cc(S(C)(=O)=O)c2n1C. The molecule has 2 heterocycles. The Morgan fingerprint density at radius 1 is 1.10 bits per heavy atom. The van der Waals surface area contributed by atoms with Gasteiger partial charge in [0.25, 0.3) is 0 Å². The summed E-state index contributed by atoms with van der Waals surface area (Å²) in [5.74, 6) is -0.202. The van der Waals surface area contributed by atoms with Gasteiger partial charge in [0, 0.05) is 19.5 Å². The molecule has 30 heavy (non-hydrogen) atoms. The maximum atomic E-state index is 13.3. The van der Waals surface area contributed by atoms with Crippen molar-refractivity contribution in [1.29, 1.82) is 0 Å². The summed E-state index contributed by atoms with van der Waals surface area (Å²) in [6.45, 7) is 1.69. The van der Waals surface area contributed by atoms with E-state index >= 15 is 0 Å². The minimum absolute atomic E-state index is 0.0514. The summed E-state index contributed by atoms with van der Waals surface area (Å²) < 4.78 is 90.9. The van der Waals surface area contributed by atoms with Crippen LogP contribution in [-0.2, 0) is 32.9 Å². The van der Waals surface area contributed by atoms with Crippen molar-refractivity contribution in [3.8, 4) is 11.5 Å². The Bertz CT molecular complexity index is 1340. The van der Waals surface area contributed by atoms with E-state index in [0.717, 1.165) is 12.3 Å². The summed E-state index contributed by atoms with van der Waals surface area (Å²) >= 11 is 0. The second-order valence-corrected chi connectivity index (χ2v) is 10.8. The standard InChI is InChI=1S/C18H18F3N3O4S2/c1-4-8-30(27,28)13-6-5-7-22-15(13)17-23-12-9-11(18(19,20)21)10-14(29(3,25)26)16(12)24(17)2/h5-7,9-10H,4,8H2,1-3H3. The van der Waals surface area contributed by atoms with Crippen LogP contribution in [0.25, 0.3) is 22.6 Å². The number of pyridine rings is 1. The van der Waals surface area contributed by atoms with E-state index in [1.807, 2.05) is 0 Å². The number of nitrogens with zero attached hydrogens (tertiary/aromatic N) is 3. The van der Waals surface area contributed by atoms with Crippen LogP contribution in [0.15, 0.2) is 40.3 Å². The summed E-state index contributed by atoms with van der Waals surface area (Å²) in [6.07, 6.45) is -2.30. The van der Waals surface area contributed by atoms with Crippen molar-refractivity contribution in [2.75, 3.05) is 12.0 Å². The van der Waals surface area contributed by atoms with Crippen molar-refractivity contribution in [3.63, 3.8) is 0 Å². The Hall–Kier alpha value is -2.47. The molecule has 1 aromatic carbocycles.